The van der Waals surface area contributed by atoms with E-state index in [1.807, 2.05) is 0 Å². The van der Waals surface area contributed by atoms with Crippen molar-refractivity contribution in [2.24, 2.45) is 5.92 Å². The fraction of sp³-hybridized carbons (Fsp3) is 0.600. The van der Waals surface area contributed by atoms with Gasteiger partial charge in [0.1, 0.15) is 0 Å². The Kier molecular flexibility index (Phi) is 2.31. The fourth-order valence-corrected chi connectivity index (χ4v) is 4.28. The number of hydrogen-bond donors (Lipinski definition) is 1. The minimum absolute atomic E-state index is 0.0566. The van der Waals surface area contributed by atoms with Crippen LogP contribution in [-0.4, -0.2) is 60.3 Å². The third-order valence-corrected chi connectivity index (χ3v) is 5.09. The number of nitrogens with zero attached hydrogens (tertiary/aromatic N) is 2. The Balaban J connectivity index is 1.83. The van der Waals surface area contributed by atoms with Crippen LogP contribution in [0.4, 0.5) is 0 Å². The number of piperidine rings is 2. The summed E-state index contributed by atoms with van der Waals surface area (Å²) in [6.45, 7) is 6.52. The monoisotopic (exact) mass is 244 g/mol. The molecule has 4 bridgehead atoms. The quantitative estimate of drug-likeness (QED) is 0.781. The molecule has 4 aliphatic heterocycles. The molecule has 5 rings (SSSR count). The van der Waals surface area contributed by atoms with Gasteiger partial charge in [-0.3, -0.25) is 0 Å². The van der Waals surface area contributed by atoms with E-state index in [1.165, 1.54) is 5.56 Å². The number of aliphatic hydroxyl groups excluding tert-OH is 1. The molecule has 2 unspecified atom stereocenters. The van der Waals surface area contributed by atoms with Crippen molar-refractivity contribution in [2.75, 3.05) is 39.3 Å². The molecule has 0 amide bonds. The standard InChI is InChI=1S/C15H20N2O/c18-14-12-8-16-6-7-17(9-12)11-15(14,10-16)13-4-2-1-3-5-13/h1-5,12,14,18H,6-11H2/t12?,14-,15?/m0/s1. The van der Waals surface area contributed by atoms with Crippen molar-refractivity contribution in [3.05, 3.63) is 35.9 Å². The average Bonchev–Trinajstić information content (AvgIpc) is 2.65. The maximum atomic E-state index is 10.8. The van der Waals surface area contributed by atoms with Crippen molar-refractivity contribution in [1.29, 1.82) is 0 Å². The molecular formula is C15H20N2O. The SMILES string of the molecule is O[C@H]1C2CN3CCN(C2)CC1(c1ccccc1)C3. The molecule has 0 saturated carbocycles. The third-order valence-electron chi connectivity index (χ3n) is 5.09. The van der Waals surface area contributed by atoms with Crippen LogP contribution in [0.25, 0.3) is 0 Å². The Hall–Kier alpha value is -0.900. The highest BCUT2D eigenvalue weighted by Crippen LogP contribution is 2.42. The van der Waals surface area contributed by atoms with E-state index in [-0.39, 0.29) is 11.5 Å². The first-order valence-corrected chi connectivity index (χ1v) is 6.96. The Bertz CT molecular complexity index is 431. The van der Waals surface area contributed by atoms with E-state index in [0.717, 1.165) is 39.3 Å². The zero-order valence-electron chi connectivity index (χ0n) is 10.6. The van der Waals surface area contributed by atoms with Gasteiger partial charge < -0.3 is 14.9 Å². The van der Waals surface area contributed by atoms with Gasteiger partial charge in [0.2, 0.25) is 0 Å². The van der Waals surface area contributed by atoms with Gasteiger partial charge in [-0.15, -0.1) is 0 Å². The van der Waals surface area contributed by atoms with E-state index in [0.29, 0.717) is 5.92 Å². The van der Waals surface area contributed by atoms with Crippen molar-refractivity contribution in [1.82, 2.24) is 9.80 Å². The minimum Gasteiger partial charge on any atom is -0.392 e. The highest BCUT2D eigenvalue weighted by Gasteiger charge is 2.54. The minimum atomic E-state index is -0.175. The van der Waals surface area contributed by atoms with Crippen molar-refractivity contribution in [3.63, 3.8) is 0 Å². The molecule has 1 aromatic carbocycles. The Labute approximate surface area is 108 Å². The maximum absolute atomic E-state index is 10.8. The molecular weight excluding hydrogens is 224 g/mol. The summed E-state index contributed by atoms with van der Waals surface area (Å²) in [7, 11) is 0. The summed E-state index contributed by atoms with van der Waals surface area (Å²) in [5.74, 6) is 0.426. The van der Waals surface area contributed by atoms with Crippen LogP contribution in [0.3, 0.4) is 0 Å². The van der Waals surface area contributed by atoms with Gasteiger partial charge in [-0.2, -0.15) is 0 Å². The molecule has 3 heteroatoms. The second-order valence-corrected chi connectivity index (χ2v) is 6.20. The molecule has 3 nitrogen and oxygen atoms in total. The number of rotatable bonds is 1. The average molecular weight is 244 g/mol. The molecule has 1 aromatic rings. The highest BCUT2D eigenvalue weighted by atomic mass is 16.3. The van der Waals surface area contributed by atoms with Crippen LogP contribution in [0.1, 0.15) is 5.56 Å². The number of fused-ring (bicyclic) bond motifs is 1. The summed E-state index contributed by atoms with van der Waals surface area (Å²) in [5, 5.41) is 10.8. The number of benzene rings is 1. The van der Waals surface area contributed by atoms with Gasteiger partial charge in [-0.1, -0.05) is 30.3 Å². The largest absolute Gasteiger partial charge is 0.392 e. The van der Waals surface area contributed by atoms with Crippen molar-refractivity contribution in [2.45, 2.75) is 11.5 Å². The summed E-state index contributed by atoms with van der Waals surface area (Å²) >= 11 is 0. The van der Waals surface area contributed by atoms with E-state index in [4.69, 9.17) is 0 Å². The lowest BCUT2D eigenvalue weighted by atomic mass is 9.66. The molecule has 96 valence electrons. The van der Waals surface area contributed by atoms with Crippen LogP contribution in [0.2, 0.25) is 0 Å². The first-order chi connectivity index (χ1) is 8.78. The van der Waals surface area contributed by atoms with Gasteiger partial charge in [0.25, 0.3) is 0 Å². The molecule has 0 radical (unpaired) electrons. The lowest BCUT2D eigenvalue weighted by Crippen LogP contribution is -2.65. The number of hydrogen-bond acceptors (Lipinski definition) is 3. The fourth-order valence-electron chi connectivity index (χ4n) is 4.28. The Morgan fingerprint density at radius 3 is 2.22 bits per heavy atom. The predicted molar refractivity (Wildman–Crippen MR) is 70.5 cm³/mol. The molecule has 3 atom stereocenters. The van der Waals surface area contributed by atoms with Gasteiger partial charge in [0, 0.05) is 50.6 Å². The predicted octanol–water partition coefficient (Wildman–Crippen LogP) is 0.546. The van der Waals surface area contributed by atoms with Crippen molar-refractivity contribution < 1.29 is 5.11 Å². The second kappa shape index (κ2) is 3.80. The topological polar surface area (TPSA) is 26.7 Å². The number of aliphatic hydroxyl groups is 1. The van der Waals surface area contributed by atoms with Gasteiger partial charge in [-0.05, 0) is 5.56 Å². The summed E-state index contributed by atoms with van der Waals surface area (Å²) < 4.78 is 0. The summed E-state index contributed by atoms with van der Waals surface area (Å²) in [6.07, 6.45) is -0.175. The smallest absolute Gasteiger partial charge is 0.0714 e. The van der Waals surface area contributed by atoms with Crippen LogP contribution in [0, 0.1) is 5.92 Å². The lowest BCUT2D eigenvalue weighted by molar-refractivity contribution is -0.0737. The van der Waals surface area contributed by atoms with Crippen LogP contribution >= 0.6 is 0 Å². The van der Waals surface area contributed by atoms with Crippen LogP contribution in [0.15, 0.2) is 30.3 Å². The van der Waals surface area contributed by atoms with Crippen molar-refractivity contribution >= 4 is 0 Å². The van der Waals surface area contributed by atoms with Gasteiger partial charge in [0.05, 0.1) is 6.10 Å². The van der Waals surface area contributed by atoms with E-state index in [1.54, 1.807) is 0 Å². The molecule has 0 spiro atoms. The molecule has 4 aliphatic rings. The Morgan fingerprint density at radius 2 is 1.61 bits per heavy atom. The molecule has 18 heavy (non-hydrogen) atoms. The molecule has 4 heterocycles. The van der Waals surface area contributed by atoms with Crippen LogP contribution in [0.5, 0.6) is 0 Å². The van der Waals surface area contributed by atoms with Gasteiger partial charge >= 0.3 is 0 Å². The van der Waals surface area contributed by atoms with E-state index in [9.17, 15) is 5.11 Å². The normalized spacial score (nSPS) is 46.1. The van der Waals surface area contributed by atoms with E-state index < -0.39 is 0 Å². The third kappa shape index (κ3) is 1.41. The second-order valence-electron chi connectivity index (χ2n) is 6.20. The molecule has 4 fully saturated rings. The first-order valence-electron chi connectivity index (χ1n) is 6.96. The Morgan fingerprint density at radius 1 is 1.00 bits per heavy atom. The zero-order valence-corrected chi connectivity index (χ0v) is 10.6. The zero-order chi connectivity index (χ0) is 12.2. The molecule has 1 N–H and O–H groups in total. The lowest BCUT2D eigenvalue weighted by Gasteiger charge is -2.53. The summed E-state index contributed by atoms with van der Waals surface area (Å²) in [6, 6.07) is 10.6. The van der Waals surface area contributed by atoms with Crippen LogP contribution < -0.4 is 0 Å². The van der Waals surface area contributed by atoms with Gasteiger partial charge in [-0.25, -0.2) is 0 Å². The summed E-state index contributed by atoms with van der Waals surface area (Å²) in [5.41, 5.74) is 1.26. The van der Waals surface area contributed by atoms with Crippen molar-refractivity contribution in [3.8, 4) is 0 Å². The molecule has 0 aliphatic carbocycles. The van der Waals surface area contributed by atoms with Gasteiger partial charge in [0.15, 0.2) is 0 Å². The van der Waals surface area contributed by atoms with Crippen LogP contribution in [-0.2, 0) is 5.41 Å². The molecule has 4 saturated heterocycles. The summed E-state index contributed by atoms with van der Waals surface area (Å²) in [4.78, 5) is 5.11. The van der Waals surface area contributed by atoms with E-state index >= 15 is 0 Å². The molecule has 0 aromatic heterocycles. The first kappa shape index (κ1) is 11.0. The maximum Gasteiger partial charge on any atom is 0.0714 e. The highest BCUT2D eigenvalue weighted by molar-refractivity contribution is 5.32. The van der Waals surface area contributed by atoms with E-state index in [2.05, 4.69) is 40.1 Å².